The molecule has 1 saturated carbocycles. The molecule has 2 aromatic heterocycles. The van der Waals surface area contributed by atoms with Gasteiger partial charge in [0.1, 0.15) is 16.9 Å². The highest BCUT2D eigenvalue weighted by molar-refractivity contribution is 6.04. The zero-order chi connectivity index (χ0) is 20.8. The monoisotopic (exact) mass is 408 g/mol. The molecular formula is C22H21FN4O3. The minimum absolute atomic E-state index is 0.0689. The van der Waals surface area contributed by atoms with Gasteiger partial charge in [-0.05, 0) is 37.0 Å². The maximum atomic E-state index is 13.2. The van der Waals surface area contributed by atoms with Crippen molar-refractivity contribution in [2.45, 2.75) is 38.3 Å². The van der Waals surface area contributed by atoms with Crippen molar-refractivity contribution in [3.63, 3.8) is 0 Å². The average Bonchev–Trinajstić information content (AvgIpc) is 3.55. The first-order valence-electron chi connectivity index (χ1n) is 10.1. The van der Waals surface area contributed by atoms with Gasteiger partial charge in [-0.25, -0.2) is 4.39 Å². The number of halogens is 1. The van der Waals surface area contributed by atoms with Crippen LogP contribution in [0.4, 0.5) is 10.1 Å². The molecule has 5 rings (SSSR count). The molecule has 0 bridgehead atoms. The number of nitrogens with one attached hydrogen (secondary N) is 2. The van der Waals surface area contributed by atoms with E-state index in [2.05, 4.69) is 15.6 Å². The van der Waals surface area contributed by atoms with Crippen LogP contribution in [0, 0.1) is 5.82 Å². The minimum Gasteiger partial charge on any atom is -0.505 e. The first-order valence-corrected chi connectivity index (χ1v) is 10.1. The number of anilines is 1. The van der Waals surface area contributed by atoms with E-state index in [1.54, 1.807) is 18.3 Å². The molecule has 30 heavy (non-hydrogen) atoms. The summed E-state index contributed by atoms with van der Waals surface area (Å²) >= 11 is 0. The first kappa shape index (κ1) is 18.6. The van der Waals surface area contributed by atoms with Gasteiger partial charge in [0.05, 0.1) is 11.2 Å². The molecule has 0 radical (unpaired) electrons. The second-order valence-electron chi connectivity index (χ2n) is 7.87. The van der Waals surface area contributed by atoms with E-state index in [1.807, 2.05) is 0 Å². The average molecular weight is 408 g/mol. The standard InChI is InChI=1S/C22H21FN4O3/c23-14-4-2-12(3-5-14)10-13-11-25-18-19-17(13)24-8-1-9-27(19)22(30)16(20(18)28)21(29)26-15-6-7-15/h2-5,11,15,24,28H,1,6-10H2,(H,26,29). The number of nitrogens with zero attached hydrogens (tertiary/aromatic N) is 2. The zero-order valence-corrected chi connectivity index (χ0v) is 16.2. The first-order chi connectivity index (χ1) is 14.5. The maximum Gasteiger partial charge on any atom is 0.267 e. The number of hydrogen-bond donors (Lipinski definition) is 3. The van der Waals surface area contributed by atoms with E-state index >= 15 is 0 Å². The lowest BCUT2D eigenvalue weighted by molar-refractivity contribution is 0.0946. The van der Waals surface area contributed by atoms with Gasteiger partial charge in [-0.2, -0.15) is 0 Å². The van der Waals surface area contributed by atoms with Crippen molar-refractivity contribution in [2.75, 3.05) is 11.9 Å². The molecule has 1 amide bonds. The fourth-order valence-corrected chi connectivity index (χ4v) is 3.94. The largest absolute Gasteiger partial charge is 0.505 e. The van der Waals surface area contributed by atoms with E-state index < -0.39 is 11.5 Å². The smallest absolute Gasteiger partial charge is 0.267 e. The molecular weight excluding hydrogens is 387 g/mol. The summed E-state index contributed by atoms with van der Waals surface area (Å²) in [5.74, 6) is -1.24. The van der Waals surface area contributed by atoms with Gasteiger partial charge >= 0.3 is 0 Å². The number of hydrogen-bond acceptors (Lipinski definition) is 5. The van der Waals surface area contributed by atoms with Crippen LogP contribution < -0.4 is 16.2 Å². The van der Waals surface area contributed by atoms with Crippen molar-refractivity contribution < 1.29 is 14.3 Å². The second-order valence-corrected chi connectivity index (χ2v) is 7.87. The Morgan fingerprint density at radius 3 is 2.80 bits per heavy atom. The Morgan fingerprint density at radius 2 is 2.07 bits per heavy atom. The minimum atomic E-state index is -0.554. The van der Waals surface area contributed by atoms with Gasteiger partial charge in [0.2, 0.25) is 0 Å². The van der Waals surface area contributed by atoms with Crippen molar-refractivity contribution in [2.24, 2.45) is 0 Å². The van der Waals surface area contributed by atoms with Crippen LogP contribution in [0.3, 0.4) is 0 Å². The number of pyridine rings is 2. The Hall–Kier alpha value is -3.42. The molecule has 3 aromatic rings. The second kappa shape index (κ2) is 7.12. The summed E-state index contributed by atoms with van der Waals surface area (Å²) in [5, 5.41) is 16.9. The SMILES string of the molecule is O=C(NC1CC1)c1c(O)c2ncc(Cc3ccc(F)cc3)c3c2n(c1=O)CCCN3. The highest BCUT2D eigenvalue weighted by Gasteiger charge is 2.30. The topological polar surface area (TPSA) is 96.2 Å². The van der Waals surface area contributed by atoms with Crippen LogP contribution in [0.1, 0.15) is 40.7 Å². The molecule has 1 aliphatic carbocycles. The van der Waals surface area contributed by atoms with Gasteiger partial charge < -0.3 is 20.3 Å². The van der Waals surface area contributed by atoms with E-state index in [0.717, 1.165) is 24.0 Å². The number of aromatic nitrogens is 2. The Kier molecular flexibility index (Phi) is 4.42. The highest BCUT2D eigenvalue weighted by atomic mass is 19.1. The molecule has 154 valence electrons. The van der Waals surface area contributed by atoms with Crippen molar-refractivity contribution >= 4 is 22.6 Å². The van der Waals surface area contributed by atoms with E-state index in [0.29, 0.717) is 37.1 Å². The number of aromatic hydroxyl groups is 1. The number of carbonyl (C=O) groups is 1. The summed E-state index contributed by atoms with van der Waals surface area (Å²) in [6.45, 7) is 1.06. The van der Waals surface area contributed by atoms with Crippen LogP contribution in [0.25, 0.3) is 11.0 Å². The summed E-state index contributed by atoms with van der Waals surface area (Å²) in [5.41, 5.74) is 2.41. The molecule has 1 fully saturated rings. The van der Waals surface area contributed by atoms with Gasteiger partial charge in [-0.3, -0.25) is 14.6 Å². The van der Waals surface area contributed by atoms with Gasteiger partial charge in [0.25, 0.3) is 11.5 Å². The number of carbonyl (C=O) groups excluding carboxylic acids is 1. The lowest BCUT2D eigenvalue weighted by Crippen LogP contribution is -2.34. The van der Waals surface area contributed by atoms with E-state index in [-0.39, 0.29) is 28.7 Å². The number of amides is 1. The molecule has 3 heterocycles. The number of benzene rings is 1. The van der Waals surface area contributed by atoms with E-state index in [1.165, 1.54) is 16.7 Å². The Labute approximate surface area is 171 Å². The fourth-order valence-electron chi connectivity index (χ4n) is 3.94. The molecule has 0 spiro atoms. The maximum absolute atomic E-state index is 13.2. The predicted octanol–water partition coefficient (Wildman–Crippen LogP) is 2.54. The molecule has 1 aromatic carbocycles. The zero-order valence-electron chi connectivity index (χ0n) is 16.2. The normalized spacial score (nSPS) is 15.5. The van der Waals surface area contributed by atoms with Gasteiger partial charge in [0, 0.05) is 37.3 Å². The third-order valence-electron chi connectivity index (χ3n) is 5.63. The Balaban J connectivity index is 1.67. The Bertz CT molecular complexity index is 1220. The molecule has 0 unspecified atom stereocenters. The molecule has 0 atom stereocenters. The van der Waals surface area contributed by atoms with Gasteiger partial charge in [-0.1, -0.05) is 12.1 Å². The van der Waals surface area contributed by atoms with Gasteiger partial charge in [0.15, 0.2) is 5.75 Å². The van der Waals surface area contributed by atoms with Crippen LogP contribution in [0.2, 0.25) is 0 Å². The predicted molar refractivity (Wildman–Crippen MR) is 110 cm³/mol. The van der Waals surface area contributed by atoms with E-state index in [9.17, 15) is 19.1 Å². The fraction of sp³-hybridized carbons (Fsp3) is 0.318. The molecule has 2 aliphatic rings. The molecule has 3 N–H and O–H groups in total. The van der Waals surface area contributed by atoms with Crippen molar-refractivity contribution in [3.05, 3.63) is 63.3 Å². The van der Waals surface area contributed by atoms with Gasteiger partial charge in [-0.15, -0.1) is 0 Å². The Morgan fingerprint density at radius 1 is 1.30 bits per heavy atom. The van der Waals surface area contributed by atoms with Crippen molar-refractivity contribution in [1.29, 1.82) is 0 Å². The van der Waals surface area contributed by atoms with Crippen LogP contribution in [0.5, 0.6) is 5.75 Å². The number of aryl methyl sites for hydroxylation is 1. The summed E-state index contributed by atoms with van der Waals surface area (Å²) in [4.78, 5) is 30.2. The summed E-state index contributed by atoms with van der Waals surface area (Å²) in [6.07, 6.45) is 4.58. The summed E-state index contributed by atoms with van der Waals surface area (Å²) < 4.78 is 14.8. The molecule has 7 nitrogen and oxygen atoms in total. The van der Waals surface area contributed by atoms with E-state index in [4.69, 9.17) is 0 Å². The third kappa shape index (κ3) is 3.18. The lowest BCUT2D eigenvalue weighted by atomic mass is 10.0. The summed E-state index contributed by atoms with van der Waals surface area (Å²) in [6, 6.07) is 6.29. The third-order valence-corrected chi connectivity index (χ3v) is 5.63. The molecule has 0 saturated heterocycles. The van der Waals surface area contributed by atoms with Crippen LogP contribution in [-0.4, -0.2) is 33.2 Å². The summed E-state index contributed by atoms with van der Waals surface area (Å²) in [7, 11) is 0. The molecule has 8 heteroatoms. The van der Waals surface area contributed by atoms with Crippen LogP contribution >= 0.6 is 0 Å². The van der Waals surface area contributed by atoms with Crippen molar-refractivity contribution in [1.82, 2.24) is 14.9 Å². The quantitative estimate of drug-likeness (QED) is 0.617. The highest BCUT2D eigenvalue weighted by Crippen LogP contribution is 2.34. The van der Waals surface area contributed by atoms with Crippen LogP contribution in [0.15, 0.2) is 35.3 Å². The molecule has 1 aliphatic heterocycles. The number of rotatable bonds is 4. The lowest BCUT2D eigenvalue weighted by Gasteiger charge is -2.17. The van der Waals surface area contributed by atoms with Crippen molar-refractivity contribution in [3.8, 4) is 5.75 Å². The van der Waals surface area contributed by atoms with Crippen LogP contribution in [-0.2, 0) is 13.0 Å².